The van der Waals surface area contributed by atoms with E-state index >= 15 is 0 Å². The van der Waals surface area contributed by atoms with Crippen LogP contribution in [0.15, 0.2) is 24.3 Å². The van der Waals surface area contributed by atoms with Gasteiger partial charge in [-0.1, -0.05) is 18.2 Å². The first-order chi connectivity index (χ1) is 8.65. The smallest absolute Gasteiger partial charge is 0.125 e. The summed E-state index contributed by atoms with van der Waals surface area (Å²) in [6, 6.07) is 8.57. The first-order valence-corrected chi connectivity index (χ1v) is 6.65. The second-order valence-electron chi connectivity index (χ2n) is 5.33. The molecule has 1 aliphatic rings. The van der Waals surface area contributed by atoms with Gasteiger partial charge in [0.2, 0.25) is 0 Å². The molecule has 0 fully saturated rings. The molecule has 0 aromatic heterocycles. The van der Waals surface area contributed by atoms with E-state index in [-0.39, 0.29) is 11.6 Å². The van der Waals surface area contributed by atoms with Gasteiger partial charge in [-0.25, -0.2) is 0 Å². The summed E-state index contributed by atoms with van der Waals surface area (Å²) < 4.78 is 11.1. The highest BCUT2D eigenvalue weighted by molar-refractivity contribution is 5.42. The van der Waals surface area contributed by atoms with Crippen molar-refractivity contribution in [3.63, 3.8) is 0 Å². The number of rotatable bonds is 6. The van der Waals surface area contributed by atoms with E-state index < -0.39 is 0 Å². The van der Waals surface area contributed by atoms with Gasteiger partial charge in [0, 0.05) is 19.3 Å². The van der Waals surface area contributed by atoms with Crippen LogP contribution in [-0.2, 0) is 4.74 Å². The van der Waals surface area contributed by atoms with Crippen LogP contribution in [0.1, 0.15) is 38.3 Å². The number of hydrogen-bond donors (Lipinski definition) is 1. The fourth-order valence-corrected chi connectivity index (χ4v) is 2.50. The van der Waals surface area contributed by atoms with E-state index in [1.807, 2.05) is 12.1 Å². The zero-order chi connectivity index (χ0) is 13.0. The van der Waals surface area contributed by atoms with Gasteiger partial charge in [0.1, 0.15) is 11.4 Å². The van der Waals surface area contributed by atoms with E-state index in [4.69, 9.17) is 9.47 Å². The van der Waals surface area contributed by atoms with Crippen LogP contribution in [0.5, 0.6) is 5.75 Å². The molecule has 1 atom stereocenters. The maximum absolute atomic E-state index is 6.00. The van der Waals surface area contributed by atoms with Crippen molar-refractivity contribution in [2.24, 2.45) is 0 Å². The minimum absolute atomic E-state index is 0.176. The highest BCUT2D eigenvalue weighted by atomic mass is 16.5. The molecule has 1 aromatic rings. The van der Waals surface area contributed by atoms with Crippen molar-refractivity contribution in [2.75, 3.05) is 20.3 Å². The van der Waals surface area contributed by atoms with Crippen LogP contribution in [0, 0.1) is 0 Å². The van der Waals surface area contributed by atoms with Crippen LogP contribution in [0.3, 0.4) is 0 Å². The number of fused-ring (bicyclic) bond motifs is 1. The molecule has 1 aromatic carbocycles. The van der Waals surface area contributed by atoms with Gasteiger partial charge in [-0.15, -0.1) is 0 Å². The minimum atomic E-state index is -0.176. The summed E-state index contributed by atoms with van der Waals surface area (Å²) in [5.74, 6) is 1.01. The summed E-state index contributed by atoms with van der Waals surface area (Å²) in [5.41, 5.74) is 1.10. The maximum Gasteiger partial charge on any atom is 0.125 e. The Balaban J connectivity index is 1.94. The molecule has 18 heavy (non-hydrogen) atoms. The van der Waals surface area contributed by atoms with Gasteiger partial charge in [-0.2, -0.15) is 0 Å². The van der Waals surface area contributed by atoms with E-state index in [9.17, 15) is 0 Å². The summed E-state index contributed by atoms with van der Waals surface area (Å²) in [4.78, 5) is 0. The number of methoxy groups -OCH3 is 1. The number of benzene rings is 1. The Bertz CT molecular complexity index is 390. The summed E-state index contributed by atoms with van der Waals surface area (Å²) in [6.45, 7) is 6.11. The van der Waals surface area contributed by atoms with Gasteiger partial charge < -0.3 is 14.8 Å². The highest BCUT2D eigenvalue weighted by Crippen LogP contribution is 2.42. The Morgan fingerprint density at radius 2 is 2.06 bits per heavy atom. The molecule has 0 spiro atoms. The molecule has 0 saturated heterocycles. The lowest BCUT2D eigenvalue weighted by atomic mass is 9.94. The predicted molar refractivity (Wildman–Crippen MR) is 73.0 cm³/mol. The molecule has 0 saturated carbocycles. The largest absolute Gasteiger partial charge is 0.486 e. The van der Waals surface area contributed by atoms with E-state index in [0.29, 0.717) is 0 Å². The number of ether oxygens (including phenoxy) is 2. The molecule has 0 aliphatic carbocycles. The van der Waals surface area contributed by atoms with Crippen molar-refractivity contribution in [3.8, 4) is 5.75 Å². The van der Waals surface area contributed by atoms with Crippen LogP contribution in [0.4, 0.5) is 0 Å². The first-order valence-electron chi connectivity index (χ1n) is 6.65. The van der Waals surface area contributed by atoms with Crippen LogP contribution in [-0.4, -0.2) is 25.9 Å². The fraction of sp³-hybridized carbons (Fsp3) is 0.600. The van der Waals surface area contributed by atoms with Gasteiger partial charge >= 0.3 is 0 Å². The van der Waals surface area contributed by atoms with Crippen molar-refractivity contribution in [3.05, 3.63) is 29.8 Å². The van der Waals surface area contributed by atoms with E-state index in [2.05, 4.69) is 31.3 Å². The highest BCUT2D eigenvalue weighted by Gasteiger charge is 2.40. The van der Waals surface area contributed by atoms with Gasteiger partial charge in [-0.05, 0) is 39.3 Å². The SMILES string of the molecule is COCCCCNC1c2ccccc2OC1(C)C. The second kappa shape index (κ2) is 5.72. The molecule has 2 rings (SSSR count). The van der Waals surface area contributed by atoms with Crippen LogP contribution < -0.4 is 10.1 Å². The van der Waals surface area contributed by atoms with Crippen LogP contribution in [0.25, 0.3) is 0 Å². The summed E-state index contributed by atoms with van der Waals surface area (Å²) in [6.07, 6.45) is 2.22. The zero-order valence-electron chi connectivity index (χ0n) is 11.5. The monoisotopic (exact) mass is 249 g/mol. The first kappa shape index (κ1) is 13.4. The maximum atomic E-state index is 6.00. The predicted octanol–water partition coefficient (Wildman–Crippen LogP) is 2.91. The Labute approximate surface area is 109 Å². The molecule has 3 nitrogen and oxygen atoms in total. The average Bonchev–Trinajstić information content (AvgIpc) is 2.60. The van der Waals surface area contributed by atoms with Gasteiger partial charge in [0.15, 0.2) is 0 Å². The van der Waals surface area contributed by atoms with Crippen LogP contribution >= 0.6 is 0 Å². The standard InChI is InChI=1S/C15H23NO2/c1-15(2)14(16-10-6-7-11-17-3)12-8-4-5-9-13(12)18-15/h4-5,8-9,14,16H,6-7,10-11H2,1-3H3. The lowest BCUT2D eigenvalue weighted by molar-refractivity contribution is 0.0959. The average molecular weight is 249 g/mol. The van der Waals surface area contributed by atoms with Crippen LogP contribution in [0.2, 0.25) is 0 Å². The number of para-hydroxylation sites is 1. The Morgan fingerprint density at radius 3 is 2.83 bits per heavy atom. The number of unbranched alkanes of at least 4 members (excludes halogenated alkanes) is 1. The Kier molecular flexibility index (Phi) is 4.25. The molecular formula is C15H23NO2. The molecule has 0 radical (unpaired) electrons. The third-order valence-corrected chi connectivity index (χ3v) is 3.42. The van der Waals surface area contributed by atoms with Crippen molar-refractivity contribution < 1.29 is 9.47 Å². The summed E-state index contributed by atoms with van der Waals surface area (Å²) in [5, 5.41) is 3.61. The van der Waals surface area contributed by atoms with Gasteiger partial charge in [0.25, 0.3) is 0 Å². The second-order valence-corrected chi connectivity index (χ2v) is 5.33. The molecular weight excluding hydrogens is 226 g/mol. The molecule has 1 unspecified atom stereocenters. The van der Waals surface area contributed by atoms with Crippen molar-refractivity contribution in [1.82, 2.24) is 5.32 Å². The molecule has 1 heterocycles. The van der Waals surface area contributed by atoms with E-state index in [1.165, 1.54) is 5.56 Å². The molecule has 0 bridgehead atoms. The summed E-state index contributed by atoms with van der Waals surface area (Å²) >= 11 is 0. The number of hydrogen-bond acceptors (Lipinski definition) is 3. The van der Waals surface area contributed by atoms with Crippen molar-refractivity contribution in [1.29, 1.82) is 0 Å². The quantitative estimate of drug-likeness (QED) is 0.786. The number of nitrogens with one attached hydrogen (secondary N) is 1. The molecule has 3 heteroatoms. The Morgan fingerprint density at radius 1 is 1.28 bits per heavy atom. The minimum Gasteiger partial charge on any atom is -0.486 e. The van der Waals surface area contributed by atoms with E-state index in [0.717, 1.165) is 31.7 Å². The normalized spacial score (nSPS) is 20.5. The Hall–Kier alpha value is -1.06. The third-order valence-electron chi connectivity index (χ3n) is 3.42. The van der Waals surface area contributed by atoms with Crippen molar-refractivity contribution >= 4 is 0 Å². The topological polar surface area (TPSA) is 30.5 Å². The van der Waals surface area contributed by atoms with Crippen molar-refractivity contribution in [2.45, 2.75) is 38.3 Å². The fourth-order valence-electron chi connectivity index (χ4n) is 2.50. The van der Waals surface area contributed by atoms with Gasteiger partial charge in [0.05, 0.1) is 6.04 Å². The van der Waals surface area contributed by atoms with E-state index in [1.54, 1.807) is 7.11 Å². The lowest BCUT2D eigenvalue weighted by Gasteiger charge is -2.27. The molecule has 1 N–H and O–H groups in total. The molecule has 100 valence electrons. The lowest BCUT2D eigenvalue weighted by Crippen LogP contribution is -2.39. The third kappa shape index (κ3) is 2.85. The molecule has 1 aliphatic heterocycles. The van der Waals surface area contributed by atoms with Gasteiger partial charge in [-0.3, -0.25) is 0 Å². The molecule has 0 amide bonds. The summed E-state index contributed by atoms with van der Waals surface area (Å²) in [7, 11) is 1.75. The zero-order valence-corrected chi connectivity index (χ0v) is 11.5.